The second kappa shape index (κ2) is 9.41. The summed E-state index contributed by atoms with van der Waals surface area (Å²) < 4.78 is 26.1. The number of hydrogen-bond acceptors (Lipinski definition) is 3. The summed E-state index contributed by atoms with van der Waals surface area (Å²) in [7, 11) is -0.634. The Morgan fingerprint density at radius 2 is 1.68 bits per heavy atom. The molecule has 2 aromatic rings. The van der Waals surface area contributed by atoms with Gasteiger partial charge in [0.25, 0.3) is 0 Å². The summed E-state index contributed by atoms with van der Waals surface area (Å²) >= 11 is 5.94. The first kappa shape index (κ1) is 22.2. The zero-order valence-corrected chi connectivity index (χ0v) is 18.0. The van der Waals surface area contributed by atoms with Gasteiger partial charge in [-0.25, -0.2) is 17.5 Å². The van der Waals surface area contributed by atoms with Crippen molar-refractivity contribution >= 4 is 27.7 Å². The highest BCUT2D eigenvalue weighted by Gasteiger charge is 2.22. The number of rotatable bonds is 7. The molecule has 1 atom stereocenters. The van der Waals surface area contributed by atoms with Crippen molar-refractivity contribution in [2.24, 2.45) is 5.92 Å². The summed E-state index contributed by atoms with van der Waals surface area (Å²) in [6, 6.07) is 13.4. The number of nitrogens with zero attached hydrogens (tertiary/aromatic N) is 1. The fourth-order valence-corrected chi connectivity index (χ4v) is 4.01. The molecule has 0 saturated carbocycles. The second-order valence-corrected chi connectivity index (χ2v) is 9.55. The van der Waals surface area contributed by atoms with Crippen molar-refractivity contribution < 1.29 is 13.2 Å². The van der Waals surface area contributed by atoms with E-state index in [0.717, 1.165) is 9.87 Å². The number of hydrogen-bond donors (Lipinski definition) is 2. The Balaban J connectivity index is 2.11. The first-order chi connectivity index (χ1) is 13.1. The number of nitrogens with one attached hydrogen (secondary N) is 2. The topological polar surface area (TPSA) is 78.5 Å². The van der Waals surface area contributed by atoms with Crippen LogP contribution in [-0.4, -0.2) is 32.8 Å². The summed E-state index contributed by atoms with van der Waals surface area (Å²) in [6.45, 7) is 4.12. The van der Waals surface area contributed by atoms with Crippen molar-refractivity contribution in [3.8, 4) is 0 Å². The molecule has 0 radical (unpaired) electrons. The lowest BCUT2D eigenvalue weighted by molar-refractivity contribution is 0.232. The zero-order chi connectivity index (χ0) is 20.9. The molecule has 2 N–H and O–H groups in total. The van der Waals surface area contributed by atoms with E-state index in [-0.39, 0.29) is 29.4 Å². The number of sulfonamides is 1. The number of carbonyl (C=O) groups is 1. The van der Waals surface area contributed by atoms with E-state index in [2.05, 4.69) is 10.6 Å². The summed E-state index contributed by atoms with van der Waals surface area (Å²) in [4.78, 5) is 12.6. The molecule has 0 fully saturated rings. The number of carbonyl (C=O) groups excluding carboxylic acids is 1. The molecule has 0 bridgehead atoms. The van der Waals surface area contributed by atoms with Crippen molar-refractivity contribution in [1.82, 2.24) is 14.9 Å². The van der Waals surface area contributed by atoms with Crippen LogP contribution >= 0.6 is 11.6 Å². The van der Waals surface area contributed by atoms with E-state index >= 15 is 0 Å². The maximum Gasteiger partial charge on any atom is 0.315 e. The van der Waals surface area contributed by atoms with Crippen LogP contribution in [-0.2, 0) is 16.6 Å². The van der Waals surface area contributed by atoms with E-state index in [0.29, 0.717) is 10.6 Å². The smallest absolute Gasteiger partial charge is 0.315 e. The Morgan fingerprint density at radius 1 is 1.07 bits per heavy atom. The van der Waals surface area contributed by atoms with Gasteiger partial charge < -0.3 is 10.6 Å². The van der Waals surface area contributed by atoms with Crippen LogP contribution in [0.5, 0.6) is 0 Å². The van der Waals surface area contributed by atoms with Gasteiger partial charge in [-0.15, -0.1) is 0 Å². The minimum Gasteiger partial charge on any atom is -0.334 e. The molecule has 0 unspecified atom stereocenters. The van der Waals surface area contributed by atoms with Gasteiger partial charge in [0.1, 0.15) is 0 Å². The summed E-state index contributed by atoms with van der Waals surface area (Å²) in [5.74, 6) is 0.160. The van der Waals surface area contributed by atoms with Gasteiger partial charge in [-0.3, -0.25) is 0 Å². The molecular weight excluding hydrogens is 398 g/mol. The van der Waals surface area contributed by atoms with Crippen LogP contribution in [0.3, 0.4) is 0 Å². The maximum absolute atomic E-state index is 12.5. The average molecular weight is 424 g/mol. The van der Waals surface area contributed by atoms with Crippen LogP contribution < -0.4 is 10.6 Å². The van der Waals surface area contributed by atoms with E-state index in [4.69, 9.17) is 11.6 Å². The predicted molar refractivity (Wildman–Crippen MR) is 112 cm³/mol. The lowest BCUT2D eigenvalue weighted by Gasteiger charge is -2.23. The van der Waals surface area contributed by atoms with Gasteiger partial charge in [-0.2, -0.15) is 0 Å². The third-order valence-electron chi connectivity index (χ3n) is 4.35. The molecule has 2 aromatic carbocycles. The summed E-state index contributed by atoms with van der Waals surface area (Å²) in [5, 5.41) is 6.34. The molecule has 0 heterocycles. The molecule has 0 aliphatic heterocycles. The second-order valence-electron chi connectivity index (χ2n) is 7.00. The normalized spacial score (nSPS) is 12.8. The molecule has 2 amide bonds. The Bertz CT molecular complexity index is 913. The van der Waals surface area contributed by atoms with E-state index < -0.39 is 10.0 Å². The van der Waals surface area contributed by atoms with Crippen molar-refractivity contribution in [3.05, 3.63) is 64.7 Å². The van der Waals surface area contributed by atoms with Crippen molar-refractivity contribution in [1.29, 1.82) is 0 Å². The third kappa shape index (κ3) is 5.47. The molecule has 8 heteroatoms. The number of halogens is 1. The summed E-state index contributed by atoms with van der Waals surface area (Å²) in [6.07, 6.45) is 0. The monoisotopic (exact) mass is 423 g/mol. The van der Waals surface area contributed by atoms with Gasteiger partial charge in [-0.1, -0.05) is 55.8 Å². The first-order valence-corrected chi connectivity index (χ1v) is 10.7. The average Bonchev–Trinajstić information content (AvgIpc) is 2.65. The van der Waals surface area contributed by atoms with Crippen molar-refractivity contribution in [2.75, 3.05) is 14.1 Å². The molecule has 2 rings (SSSR count). The SMILES string of the molecule is CC(C)[C@H](NC(=O)NCc1ccccc1S(=O)(=O)N(C)C)c1ccc(Cl)cc1. The molecule has 0 spiro atoms. The lowest BCUT2D eigenvalue weighted by Crippen LogP contribution is -2.39. The van der Waals surface area contributed by atoms with Crippen LogP contribution in [0.1, 0.15) is 31.0 Å². The Labute approximate surface area is 171 Å². The highest BCUT2D eigenvalue weighted by molar-refractivity contribution is 7.89. The molecule has 6 nitrogen and oxygen atoms in total. The van der Waals surface area contributed by atoms with Crippen molar-refractivity contribution in [2.45, 2.75) is 31.3 Å². The van der Waals surface area contributed by atoms with Gasteiger partial charge in [0.05, 0.1) is 10.9 Å². The largest absolute Gasteiger partial charge is 0.334 e. The fourth-order valence-electron chi connectivity index (χ4n) is 2.77. The third-order valence-corrected chi connectivity index (χ3v) is 6.52. The van der Waals surface area contributed by atoms with Gasteiger partial charge in [0.15, 0.2) is 0 Å². The molecule has 0 aliphatic rings. The lowest BCUT2D eigenvalue weighted by atomic mass is 9.96. The highest BCUT2D eigenvalue weighted by atomic mass is 35.5. The minimum atomic E-state index is -3.59. The number of amides is 2. The summed E-state index contributed by atoms with van der Waals surface area (Å²) in [5.41, 5.74) is 1.48. The van der Waals surface area contributed by atoms with E-state index in [9.17, 15) is 13.2 Å². The maximum atomic E-state index is 12.5. The first-order valence-electron chi connectivity index (χ1n) is 8.93. The van der Waals surface area contributed by atoms with E-state index in [1.807, 2.05) is 26.0 Å². The Hall–Kier alpha value is -2.09. The van der Waals surface area contributed by atoms with Gasteiger partial charge in [0.2, 0.25) is 10.0 Å². The fraction of sp³-hybridized carbons (Fsp3) is 0.350. The molecule has 0 aliphatic carbocycles. The Kier molecular flexibility index (Phi) is 7.46. The van der Waals surface area contributed by atoms with Crippen LogP contribution in [0.25, 0.3) is 0 Å². The number of urea groups is 1. The van der Waals surface area contributed by atoms with E-state index in [1.165, 1.54) is 20.2 Å². The quantitative estimate of drug-likeness (QED) is 0.711. The molecule has 28 heavy (non-hydrogen) atoms. The molecule has 0 aromatic heterocycles. The van der Waals surface area contributed by atoms with Crippen LogP contribution in [0.2, 0.25) is 5.02 Å². The van der Waals surface area contributed by atoms with Gasteiger partial charge >= 0.3 is 6.03 Å². The van der Waals surface area contributed by atoms with Crippen molar-refractivity contribution in [3.63, 3.8) is 0 Å². The van der Waals surface area contributed by atoms with Crippen LogP contribution in [0.4, 0.5) is 4.79 Å². The van der Waals surface area contributed by atoms with Crippen LogP contribution in [0.15, 0.2) is 53.4 Å². The van der Waals surface area contributed by atoms with Gasteiger partial charge in [-0.05, 0) is 35.2 Å². The van der Waals surface area contributed by atoms with Gasteiger partial charge in [0, 0.05) is 25.7 Å². The zero-order valence-electron chi connectivity index (χ0n) is 16.4. The molecule has 0 saturated heterocycles. The Morgan fingerprint density at radius 3 is 2.25 bits per heavy atom. The number of benzene rings is 2. The van der Waals surface area contributed by atoms with E-state index in [1.54, 1.807) is 30.3 Å². The predicted octanol–water partition coefficient (Wildman–Crippen LogP) is 3.79. The molecular formula is C20H26ClN3O3S. The van der Waals surface area contributed by atoms with Crippen LogP contribution in [0, 0.1) is 5.92 Å². The highest BCUT2D eigenvalue weighted by Crippen LogP contribution is 2.23. The minimum absolute atomic E-state index is 0.0977. The molecule has 152 valence electrons. The standard InChI is InChI=1S/C20H26ClN3O3S/c1-14(2)19(15-9-11-17(21)12-10-15)23-20(25)22-13-16-7-5-6-8-18(16)28(26,27)24(3)4/h5-12,14,19H,13H2,1-4H3,(H2,22,23,25)/t19-/m0/s1.